The van der Waals surface area contributed by atoms with Gasteiger partial charge in [0, 0.05) is 33.4 Å². The van der Waals surface area contributed by atoms with Crippen molar-refractivity contribution in [2.75, 3.05) is 45.2 Å². The molecule has 1 unspecified atom stereocenters. The van der Waals surface area contributed by atoms with Crippen molar-refractivity contribution in [1.29, 1.82) is 0 Å². The molecule has 0 aliphatic carbocycles. The average molecular weight is 251 g/mol. The molecule has 2 rings (SSSR count). The Labute approximate surface area is 108 Å². The van der Waals surface area contributed by atoms with Crippen LogP contribution in [0.1, 0.15) is 12.8 Å². The van der Waals surface area contributed by atoms with Crippen LogP contribution in [0.2, 0.25) is 0 Å². The van der Waals surface area contributed by atoms with Gasteiger partial charge in [0.25, 0.3) is 0 Å². The Morgan fingerprint density at radius 2 is 2.28 bits per heavy atom. The van der Waals surface area contributed by atoms with Crippen LogP contribution < -0.4 is 5.32 Å². The molecule has 1 aliphatic rings. The van der Waals surface area contributed by atoms with E-state index < -0.39 is 0 Å². The van der Waals surface area contributed by atoms with E-state index in [2.05, 4.69) is 25.2 Å². The first kappa shape index (κ1) is 13.2. The molecule has 0 bridgehead atoms. The first-order valence-corrected chi connectivity index (χ1v) is 6.45. The Morgan fingerprint density at radius 1 is 1.44 bits per heavy atom. The van der Waals surface area contributed by atoms with Crippen LogP contribution in [0.4, 0.5) is 5.95 Å². The van der Waals surface area contributed by atoms with Crippen LogP contribution in [0.3, 0.4) is 0 Å². The van der Waals surface area contributed by atoms with Gasteiger partial charge in [-0.15, -0.1) is 0 Å². The van der Waals surface area contributed by atoms with Crippen molar-refractivity contribution in [3.63, 3.8) is 0 Å². The minimum absolute atomic E-state index is 0.669. The van der Waals surface area contributed by atoms with Crippen molar-refractivity contribution < 1.29 is 4.74 Å². The van der Waals surface area contributed by atoms with Crippen LogP contribution in [0.5, 0.6) is 0 Å². The number of ether oxygens (including phenoxy) is 1. The van der Waals surface area contributed by atoms with Crippen LogP contribution in [-0.4, -0.2) is 59.7 Å². The zero-order valence-electron chi connectivity index (χ0n) is 10.9. The monoisotopic (exact) mass is 251 g/mol. The molecule has 1 N–H and O–H groups in total. The summed E-state index contributed by atoms with van der Waals surface area (Å²) >= 11 is 0. The molecular weight excluding hydrogens is 230 g/mol. The van der Waals surface area contributed by atoms with Crippen LogP contribution in [0, 0.1) is 5.92 Å². The molecule has 6 heteroatoms. The molecule has 0 amide bonds. The average Bonchev–Trinajstić information content (AvgIpc) is 2.86. The fourth-order valence-electron chi connectivity index (χ4n) is 2.28. The molecule has 1 aromatic rings. The van der Waals surface area contributed by atoms with Crippen LogP contribution >= 0.6 is 0 Å². The predicted octanol–water partition coefficient (Wildman–Crippen LogP) is 0.642. The second-order valence-electron chi connectivity index (χ2n) is 4.64. The van der Waals surface area contributed by atoms with Gasteiger partial charge in [0.1, 0.15) is 12.7 Å². The SMILES string of the molecule is COCCCN1CCC(CNc2ncncn2)C1. The lowest BCUT2D eigenvalue weighted by Crippen LogP contribution is -2.25. The van der Waals surface area contributed by atoms with E-state index in [4.69, 9.17) is 4.74 Å². The summed E-state index contributed by atoms with van der Waals surface area (Å²) in [6.07, 6.45) is 5.39. The van der Waals surface area contributed by atoms with Crippen molar-refractivity contribution in [2.45, 2.75) is 12.8 Å². The molecule has 0 spiro atoms. The van der Waals surface area contributed by atoms with Crippen molar-refractivity contribution in [1.82, 2.24) is 19.9 Å². The third-order valence-electron chi connectivity index (χ3n) is 3.24. The van der Waals surface area contributed by atoms with Gasteiger partial charge in [-0.1, -0.05) is 0 Å². The van der Waals surface area contributed by atoms with Gasteiger partial charge in [0.05, 0.1) is 0 Å². The van der Waals surface area contributed by atoms with E-state index in [1.54, 1.807) is 7.11 Å². The lowest BCUT2D eigenvalue weighted by molar-refractivity contribution is 0.178. The first-order valence-electron chi connectivity index (χ1n) is 6.45. The van der Waals surface area contributed by atoms with Crippen molar-refractivity contribution in [3.05, 3.63) is 12.7 Å². The number of nitrogens with zero attached hydrogens (tertiary/aromatic N) is 4. The summed E-state index contributed by atoms with van der Waals surface area (Å²) in [4.78, 5) is 14.4. The Kier molecular flexibility index (Phi) is 5.29. The van der Waals surface area contributed by atoms with E-state index in [1.165, 1.54) is 25.6 Å². The van der Waals surface area contributed by atoms with Gasteiger partial charge in [-0.2, -0.15) is 0 Å². The maximum absolute atomic E-state index is 5.07. The number of likely N-dealkylation sites (tertiary alicyclic amines) is 1. The molecule has 6 nitrogen and oxygen atoms in total. The van der Waals surface area contributed by atoms with E-state index in [-0.39, 0.29) is 0 Å². The lowest BCUT2D eigenvalue weighted by atomic mass is 10.1. The molecule has 1 aliphatic heterocycles. The topological polar surface area (TPSA) is 63.2 Å². The molecule has 1 atom stereocenters. The minimum Gasteiger partial charge on any atom is -0.385 e. The van der Waals surface area contributed by atoms with Gasteiger partial charge < -0.3 is 15.0 Å². The standard InChI is InChI=1S/C12H21N5O/c1-18-6-2-4-17-5-3-11(8-17)7-14-12-15-9-13-10-16-12/h9-11H,2-8H2,1H3,(H,13,14,15,16). The molecule has 2 heterocycles. The highest BCUT2D eigenvalue weighted by molar-refractivity contribution is 5.20. The summed E-state index contributed by atoms with van der Waals surface area (Å²) in [6.45, 7) is 5.26. The molecule has 1 saturated heterocycles. The molecule has 100 valence electrons. The molecule has 1 fully saturated rings. The molecule has 0 aromatic carbocycles. The van der Waals surface area contributed by atoms with Gasteiger partial charge in [-0.25, -0.2) is 15.0 Å². The Morgan fingerprint density at radius 3 is 3.06 bits per heavy atom. The summed E-state index contributed by atoms with van der Waals surface area (Å²) in [6, 6.07) is 0. The van der Waals surface area contributed by atoms with E-state index >= 15 is 0 Å². The summed E-state index contributed by atoms with van der Waals surface area (Å²) in [5, 5.41) is 3.26. The lowest BCUT2D eigenvalue weighted by Gasteiger charge is -2.15. The summed E-state index contributed by atoms with van der Waals surface area (Å²) in [5.41, 5.74) is 0. The Balaban J connectivity index is 1.64. The first-order chi connectivity index (χ1) is 8.88. The molecule has 18 heavy (non-hydrogen) atoms. The number of aromatic nitrogens is 3. The van der Waals surface area contributed by atoms with Gasteiger partial charge in [-0.05, 0) is 25.3 Å². The highest BCUT2D eigenvalue weighted by atomic mass is 16.5. The normalized spacial score (nSPS) is 20.2. The van der Waals surface area contributed by atoms with Crippen LogP contribution in [0.25, 0.3) is 0 Å². The maximum Gasteiger partial charge on any atom is 0.225 e. The molecule has 1 aromatic heterocycles. The van der Waals surface area contributed by atoms with E-state index in [1.807, 2.05) is 0 Å². The van der Waals surface area contributed by atoms with Crippen molar-refractivity contribution >= 4 is 5.95 Å². The van der Waals surface area contributed by atoms with E-state index in [9.17, 15) is 0 Å². The number of anilines is 1. The number of hydrogen-bond donors (Lipinski definition) is 1. The highest BCUT2D eigenvalue weighted by Crippen LogP contribution is 2.16. The Hall–Kier alpha value is -1.27. The zero-order valence-corrected chi connectivity index (χ0v) is 10.9. The van der Waals surface area contributed by atoms with Gasteiger partial charge in [-0.3, -0.25) is 0 Å². The third-order valence-corrected chi connectivity index (χ3v) is 3.24. The maximum atomic E-state index is 5.07. The second kappa shape index (κ2) is 7.23. The fraction of sp³-hybridized carbons (Fsp3) is 0.750. The number of nitrogens with one attached hydrogen (secondary N) is 1. The van der Waals surface area contributed by atoms with Gasteiger partial charge in [0.15, 0.2) is 0 Å². The summed E-state index contributed by atoms with van der Waals surface area (Å²) in [5.74, 6) is 1.35. The van der Waals surface area contributed by atoms with Gasteiger partial charge >= 0.3 is 0 Å². The van der Waals surface area contributed by atoms with Crippen LogP contribution in [-0.2, 0) is 4.74 Å². The summed E-state index contributed by atoms with van der Waals surface area (Å²) < 4.78 is 5.07. The predicted molar refractivity (Wildman–Crippen MR) is 69.4 cm³/mol. The van der Waals surface area contributed by atoms with E-state index in [0.29, 0.717) is 11.9 Å². The fourth-order valence-corrected chi connectivity index (χ4v) is 2.28. The van der Waals surface area contributed by atoms with Crippen molar-refractivity contribution in [2.24, 2.45) is 5.92 Å². The number of hydrogen-bond acceptors (Lipinski definition) is 6. The summed E-state index contributed by atoms with van der Waals surface area (Å²) in [7, 11) is 1.76. The van der Waals surface area contributed by atoms with Crippen molar-refractivity contribution in [3.8, 4) is 0 Å². The van der Waals surface area contributed by atoms with E-state index in [0.717, 1.165) is 32.7 Å². The largest absolute Gasteiger partial charge is 0.385 e. The Bertz CT molecular complexity index is 334. The molecule has 0 saturated carbocycles. The zero-order chi connectivity index (χ0) is 12.6. The quantitative estimate of drug-likeness (QED) is 0.718. The second-order valence-corrected chi connectivity index (χ2v) is 4.64. The number of rotatable bonds is 7. The third kappa shape index (κ3) is 4.19. The molecular formula is C12H21N5O. The van der Waals surface area contributed by atoms with Gasteiger partial charge in [0.2, 0.25) is 5.95 Å². The van der Waals surface area contributed by atoms with Crippen LogP contribution in [0.15, 0.2) is 12.7 Å². The highest BCUT2D eigenvalue weighted by Gasteiger charge is 2.21. The smallest absolute Gasteiger partial charge is 0.225 e. The molecule has 0 radical (unpaired) electrons. The number of methoxy groups -OCH3 is 1. The minimum atomic E-state index is 0.669.